The zero-order valence-electron chi connectivity index (χ0n) is 22.6. The van der Waals surface area contributed by atoms with E-state index in [1.54, 1.807) is 12.5 Å². The molecule has 4 aliphatic rings. The number of esters is 1. The first-order valence-corrected chi connectivity index (χ1v) is 14.2. The SMILES string of the molecule is CC/C(=C\CC(C)C1CCC2C3=CC[C@H]4CC(OC(C)=O)CCC4(C)C3CCC21C)C(C)C. The number of allylic oxidation sites excluding steroid dienone is 4. The zero-order valence-corrected chi connectivity index (χ0v) is 22.6. The molecule has 7 unspecified atom stereocenters. The standard InChI is InChI=1S/C31H50O2/c1-8-23(20(2)3)10-9-21(4)27-13-14-28-26-12-11-24-19-25(33-22(5)32)15-17-30(24,6)29(26)16-18-31(27,28)7/h10,12,20-21,24-25,27-29H,8-9,11,13-19H2,1-7H3/b23-10+/t21?,24-,25?,27?,28?,29?,30?,31?/m0/s1. The van der Waals surface area contributed by atoms with Gasteiger partial charge in [-0.25, -0.2) is 0 Å². The van der Waals surface area contributed by atoms with Crippen LogP contribution in [0.4, 0.5) is 0 Å². The summed E-state index contributed by atoms with van der Waals surface area (Å²) in [5, 5.41) is 0. The van der Waals surface area contributed by atoms with Crippen molar-refractivity contribution < 1.29 is 9.53 Å². The van der Waals surface area contributed by atoms with Gasteiger partial charge in [0.25, 0.3) is 0 Å². The number of rotatable bonds is 6. The molecule has 0 spiro atoms. The van der Waals surface area contributed by atoms with E-state index >= 15 is 0 Å². The van der Waals surface area contributed by atoms with Crippen LogP contribution in [0.2, 0.25) is 0 Å². The van der Waals surface area contributed by atoms with Gasteiger partial charge in [-0.1, -0.05) is 64.8 Å². The van der Waals surface area contributed by atoms with Crippen molar-refractivity contribution in [1.82, 2.24) is 0 Å². The second-order valence-electron chi connectivity index (χ2n) is 13.0. The maximum Gasteiger partial charge on any atom is 0.302 e. The van der Waals surface area contributed by atoms with Crippen molar-refractivity contribution in [3.63, 3.8) is 0 Å². The van der Waals surface area contributed by atoms with Crippen molar-refractivity contribution in [3.05, 3.63) is 23.3 Å². The van der Waals surface area contributed by atoms with E-state index in [4.69, 9.17) is 4.74 Å². The molecular weight excluding hydrogens is 404 g/mol. The highest BCUT2D eigenvalue weighted by atomic mass is 16.5. The molecule has 0 aliphatic heterocycles. The lowest BCUT2D eigenvalue weighted by Crippen LogP contribution is -2.50. The van der Waals surface area contributed by atoms with E-state index < -0.39 is 0 Å². The Hall–Kier alpha value is -1.05. The molecule has 0 aromatic carbocycles. The first-order chi connectivity index (χ1) is 15.6. The summed E-state index contributed by atoms with van der Waals surface area (Å²) in [4.78, 5) is 11.5. The molecule has 0 bridgehead atoms. The maximum absolute atomic E-state index is 11.5. The van der Waals surface area contributed by atoms with Crippen LogP contribution in [0.1, 0.15) is 113 Å². The monoisotopic (exact) mass is 454 g/mol. The average Bonchev–Trinajstić information content (AvgIpc) is 3.11. The van der Waals surface area contributed by atoms with E-state index in [-0.39, 0.29) is 12.1 Å². The number of hydrogen-bond donors (Lipinski definition) is 0. The molecule has 0 heterocycles. The summed E-state index contributed by atoms with van der Waals surface area (Å²) in [7, 11) is 0. The predicted molar refractivity (Wildman–Crippen MR) is 138 cm³/mol. The Bertz CT molecular complexity index is 791. The van der Waals surface area contributed by atoms with Gasteiger partial charge in [-0.15, -0.1) is 0 Å². The van der Waals surface area contributed by atoms with Crippen LogP contribution < -0.4 is 0 Å². The highest BCUT2D eigenvalue weighted by molar-refractivity contribution is 5.66. The Kier molecular flexibility index (Phi) is 7.24. The van der Waals surface area contributed by atoms with Gasteiger partial charge in [-0.3, -0.25) is 4.79 Å². The first-order valence-electron chi connectivity index (χ1n) is 14.2. The van der Waals surface area contributed by atoms with Crippen molar-refractivity contribution in [3.8, 4) is 0 Å². The van der Waals surface area contributed by atoms with Crippen LogP contribution in [0, 0.1) is 46.3 Å². The molecule has 4 rings (SSSR count). The van der Waals surface area contributed by atoms with Crippen molar-refractivity contribution in [2.45, 2.75) is 119 Å². The van der Waals surface area contributed by atoms with E-state index in [9.17, 15) is 4.79 Å². The summed E-state index contributed by atoms with van der Waals surface area (Å²) in [6, 6.07) is 0. The molecule has 4 aliphatic carbocycles. The molecule has 3 saturated carbocycles. The van der Waals surface area contributed by atoms with Crippen molar-refractivity contribution in [2.24, 2.45) is 46.3 Å². The third-order valence-corrected chi connectivity index (χ3v) is 11.0. The lowest BCUT2D eigenvalue weighted by Gasteiger charge is -2.58. The number of hydrogen-bond acceptors (Lipinski definition) is 2. The zero-order chi connectivity index (χ0) is 24.0. The fourth-order valence-electron chi connectivity index (χ4n) is 9.08. The van der Waals surface area contributed by atoms with Crippen molar-refractivity contribution >= 4 is 5.97 Å². The molecule has 186 valence electrons. The van der Waals surface area contributed by atoms with Crippen molar-refractivity contribution in [1.29, 1.82) is 0 Å². The molecule has 8 atom stereocenters. The largest absolute Gasteiger partial charge is 0.463 e. The molecule has 3 fully saturated rings. The highest BCUT2D eigenvalue weighted by Gasteiger charge is 2.58. The number of ether oxygens (including phenoxy) is 1. The van der Waals surface area contributed by atoms with Gasteiger partial charge in [-0.05, 0) is 111 Å². The van der Waals surface area contributed by atoms with Gasteiger partial charge in [0.05, 0.1) is 0 Å². The smallest absolute Gasteiger partial charge is 0.302 e. The topological polar surface area (TPSA) is 26.3 Å². The minimum atomic E-state index is -0.107. The number of fused-ring (bicyclic) bond motifs is 5. The quantitative estimate of drug-likeness (QED) is 0.297. The third kappa shape index (κ3) is 4.50. The van der Waals surface area contributed by atoms with Gasteiger partial charge in [0.1, 0.15) is 6.10 Å². The Labute approximate surface area is 204 Å². The van der Waals surface area contributed by atoms with E-state index in [0.717, 1.165) is 36.5 Å². The van der Waals surface area contributed by atoms with E-state index in [1.807, 2.05) is 5.57 Å². The lowest BCUT2D eigenvalue weighted by molar-refractivity contribution is -0.152. The van der Waals surface area contributed by atoms with Gasteiger partial charge in [0.2, 0.25) is 0 Å². The van der Waals surface area contributed by atoms with Crippen LogP contribution in [-0.4, -0.2) is 12.1 Å². The Morgan fingerprint density at radius 3 is 2.45 bits per heavy atom. The molecule has 0 saturated heterocycles. The van der Waals surface area contributed by atoms with Crippen LogP contribution in [0.5, 0.6) is 0 Å². The van der Waals surface area contributed by atoms with E-state index in [0.29, 0.717) is 22.7 Å². The second-order valence-corrected chi connectivity index (χ2v) is 13.0. The van der Waals surface area contributed by atoms with E-state index in [1.165, 1.54) is 51.4 Å². The predicted octanol–water partition coefficient (Wildman–Crippen LogP) is 8.52. The molecule has 0 N–H and O–H groups in total. The molecule has 0 amide bonds. The van der Waals surface area contributed by atoms with Crippen LogP contribution in [0.25, 0.3) is 0 Å². The normalized spacial score (nSPS) is 41.6. The Morgan fingerprint density at radius 1 is 1.09 bits per heavy atom. The Morgan fingerprint density at radius 2 is 1.79 bits per heavy atom. The van der Waals surface area contributed by atoms with Gasteiger partial charge in [0.15, 0.2) is 0 Å². The number of carbonyl (C=O) groups is 1. The van der Waals surface area contributed by atoms with Crippen LogP contribution >= 0.6 is 0 Å². The summed E-state index contributed by atoms with van der Waals surface area (Å²) in [5.41, 5.74) is 4.37. The minimum Gasteiger partial charge on any atom is -0.463 e. The van der Waals surface area contributed by atoms with Crippen LogP contribution in [0.15, 0.2) is 23.3 Å². The average molecular weight is 455 g/mol. The summed E-state index contributed by atoms with van der Waals surface area (Å²) < 4.78 is 5.65. The maximum atomic E-state index is 11.5. The molecule has 2 nitrogen and oxygen atoms in total. The van der Waals surface area contributed by atoms with Gasteiger partial charge in [0, 0.05) is 6.92 Å². The van der Waals surface area contributed by atoms with Crippen LogP contribution in [-0.2, 0) is 9.53 Å². The summed E-state index contributed by atoms with van der Waals surface area (Å²) in [5.74, 6) is 4.45. The first kappa shape index (κ1) is 25.1. The molecule has 0 aromatic heterocycles. The molecule has 2 heteroatoms. The molecule has 0 aromatic rings. The highest BCUT2D eigenvalue weighted by Crippen LogP contribution is 2.67. The summed E-state index contributed by atoms with van der Waals surface area (Å²) in [6.45, 7) is 16.3. The van der Waals surface area contributed by atoms with Gasteiger partial charge >= 0.3 is 5.97 Å². The molecule has 0 radical (unpaired) electrons. The minimum absolute atomic E-state index is 0.107. The van der Waals surface area contributed by atoms with Crippen LogP contribution in [0.3, 0.4) is 0 Å². The third-order valence-electron chi connectivity index (χ3n) is 11.0. The molecule has 33 heavy (non-hydrogen) atoms. The van der Waals surface area contributed by atoms with Gasteiger partial charge < -0.3 is 4.74 Å². The number of carbonyl (C=O) groups excluding carboxylic acids is 1. The fraction of sp³-hybridized carbons (Fsp3) is 0.839. The lowest BCUT2D eigenvalue weighted by atomic mass is 9.47. The van der Waals surface area contributed by atoms with E-state index in [2.05, 4.69) is 53.7 Å². The fourth-order valence-corrected chi connectivity index (χ4v) is 9.08. The van der Waals surface area contributed by atoms with Gasteiger partial charge in [-0.2, -0.15) is 0 Å². The molecular formula is C31H50O2. The summed E-state index contributed by atoms with van der Waals surface area (Å²) >= 11 is 0. The summed E-state index contributed by atoms with van der Waals surface area (Å²) in [6.07, 6.45) is 18.0. The second kappa shape index (κ2) is 9.54. The van der Waals surface area contributed by atoms with Crippen molar-refractivity contribution in [2.75, 3.05) is 0 Å². The Balaban J connectivity index is 1.50.